The van der Waals surface area contributed by atoms with Crippen LogP contribution >= 0.6 is 0 Å². The minimum Gasteiger partial charge on any atom is -0.488 e. The van der Waals surface area contributed by atoms with Crippen molar-refractivity contribution in [1.82, 2.24) is 0 Å². The smallest absolute Gasteiger partial charge is 0.253 e. The van der Waals surface area contributed by atoms with Crippen molar-refractivity contribution in [2.45, 2.75) is 57.8 Å². The van der Waals surface area contributed by atoms with Crippen LogP contribution in [-0.4, -0.2) is 35.9 Å². The van der Waals surface area contributed by atoms with Crippen molar-refractivity contribution in [1.29, 1.82) is 0 Å². The summed E-state index contributed by atoms with van der Waals surface area (Å²) in [6, 6.07) is 7.20. The van der Waals surface area contributed by atoms with E-state index >= 15 is 0 Å². The van der Waals surface area contributed by atoms with E-state index in [2.05, 4.69) is 5.32 Å². The summed E-state index contributed by atoms with van der Waals surface area (Å²) in [5, 5.41) is 12.7. The molecule has 0 aromatic heterocycles. The summed E-state index contributed by atoms with van der Waals surface area (Å²) in [5.41, 5.74) is 0.702. The lowest BCUT2D eigenvalue weighted by atomic mass is 9.95. The summed E-state index contributed by atoms with van der Waals surface area (Å²) in [7, 11) is 0. The first-order valence-electron chi connectivity index (χ1n) is 7.97. The third kappa shape index (κ3) is 4.71. The molecule has 1 aliphatic carbocycles. The van der Waals surface area contributed by atoms with Crippen LogP contribution in [-0.2, 0) is 9.53 Å². The number of nitrogens with one attached hydrogen (secondary N) is 1. The molecule has 0 radical (unpaired) electrons. The van der Waals surface area contributed by atoms with Crippen LogP contribution in [0.15, 0.2) is 24.3 Å². The lowest BCUT2D eigenvalue weighted by molar-refractivity contribution is -0.126. The fraction of sp³-hybridized carbons (Fsp3) is 0.588. The fourth-order valence-corrected chi connectivity index (χ4v) is 2.58. The maximum atomic E-state index is 11.8. The maximum absolute atomic E-state index is 11.8. The van der Waals surface area contributed by atoms with Gasteiger partial charge in [0.05, 0.1) is 6.10 Å². The second kappa shape index (κ2) is 8.15. The number of carbonyl (C=O) groups excluding carboxylic acids is 1. The number of carbonyl (C=O) groups is 1. The Balaban J connectivity index is 1.88. The molecule has 1 aliphatic rings. The minimum atomic E-state index is -0.474. The number of anilines is 1. The summed E-state index contributed by atoms with van der Waals surface area (Å²) < 4.78 is 11.1. The molecular formula is C17H25NO4. The molecule has 0 bridgehead atoms. The lowest BCUT2D eigenvalue weighted by Gasteiger charge is -2.28. The average molecular weight is 307 g/mol. The number of hydrogen-bond donors (Lipinski definition) is 2. The normalized spacial score (nSPS) is 22.9. The molecule has 1 amide bonds. The van der Waals surface area contributed by atoms with Crippen molar-refractivity contribution in [2.75, 3.05) is 11.9 Å². The highest BCUT2D eigenvalue weighted by Gasteiger charge is 2.24. The van der Waals surface area contributed by atoms with Crippen LogP contribution in [0.2, 0.25) is 0 Å². The number of amides is 1. The highest BCUT2D eigenvalue weighted by atomic mass is 16.5. The van der Waals surface area contributed by atoms with Gasteiger partial charge in [-0.25, -0.2) is 0 Å². The maximum Gasteiger partial charge on any atom is 0.253 e. The van der Waals surface area contributed by atoms with Gasteiger partial charge in [-0.05, 0) is 57.4 Å². The fourth-order valence-electron chi connectivity index (χ4n) is 2.58. The Bertz CT molecular complexity index is 474. The first-order valence-corrected chi connectivity index (χ1v) is 7.97. The van der Waals surface area contributed by atoms with Crippen LogP contribution < -0.4 is 10.1 Å². The summed E-state index contributed by atoms with van der Waals surface area (Å²) in [6.45, 7) is 4.08. The topological polar surface area (TPSA) is 67.8 Å². The summed E-state index contributed by atoms with van der Waals surface area (Å²) in [5.74, 6) is 0.542. The molecule has 22 heavy (non-hydrogen) atoms. The van der Waals surface area contributed by atoms with E-state index in [0.717, 1.165) is 25.7 Å². The van der Waals surface area contributed by atoms with E-state index in [-0.39, 0.29) is 18.1 Å². The molecule has 0 saturated heterocycles. The van der Waals surface area contributed by atoms with Gasteiger partial charge in [0.1, 0.15) is 18.0 Å². The molecule has 122 valence electrons. The van der Waals surface area contributed by atoms with Crippen LogP contribution in [0.5, 0.6) is 5.75 Å². The zero-order chi connectivity index (χ0) is 15.9. The molecule has 3 atom stereocenters. The van der Waals surface area contributed by atoms with Crippen molar-refractivity contribution in [3.63, 3.8) is 0 Å². The van der Waals surface area contributed by atoms with Gasteiger partial charge in [0.15, 0.2) is 0 Å². The number of aliphatic hydroxyl groups excluding tert-OH is 1. The highest BCUT2D eigenvalue weighted by molar-refractivity contribution is 5.93. The monoisotopic (exact) mass is 307 g/mol. The first kappa shape index (κ1) is 16.8. The second-order valence-corrected chi connectivity index (χ2v) is 5.62. The molecule has 2 rings (SSSR count). The van der Waals surface area contributed by atoms with E-state index in [1.807, 2.05) is 19.1 Å². The Kier molecular flexibility index (Phi) is 6.21. The van der Waals surface area contributed by atoms with Gasteiger partial charge < -0.3 is 19.9 Å². The zero-order valence-electron chi connectivity index (χ0n) is 13.2. The molecule has 1 aromatic rings. The van der Waals surface area contributed by atoms with E-state index in [1.165, 1.54) is 0 Å². The van der Waals surface area contributed by atoms with Crippen LogP contribution in [0, 0.1) is 0 Å². The van der Waals surface area contributed by atoms with Gasteiger partial charge in [-0.3, -0.25) is 4.79 Å². The number of ether oxygens (including phenoxy) is 2. The third-order valence-electron chi connectivity index (χ3n) is 3.86. The minimum absolute atomic E-state index is 0.132. The van der Waals surface area contributed by atoms with Crippen molar-refractivity contribution in [3.8, 4) is 5.75 Å². The van der Waals surface area contributed by atoms with Gasteiger partial charge >= 0.3 is 0 Å². The predicted octanol–water partition coefficient (Wildman–Crippen LogP) is 2.73. The van der Waals surface area contributed by atoms with Crippen molar-refractivity contribution in [2.24, 2.45) is 0 Å². The van der Waals surface area contributed by atoms with E-state index in [1.54, 1.807) is 19.1 Å². The van der Waals surface area contributed by atoms with Gasteiger partial charge in [-0.1, -0.05) is 6.42 Å². The Labute approximate surface area is 131 Å². The number of hydrogen-bond acceptors (Lipinski definition) is 4. The third-order valence-corrected chi connectivity index (χ3v) is 3.86. The van der Waals surface area contributed by atoms with Crippen LogP contribution in [0.4, 0.5) is 5.69 Å². The Morgan fingerprint density at radius 3 is 2.64 bits per heavy atom. The molecule has 0 aliphatic heterocycles. The van der Waals surface area contributed by atoms with Gasteiger partial charge in [-0.15, -0.1) is 0 Å². The molecule has 0 heterocycles. The lowest BCUT2D eigenvalue weighted by Crippen LogP contribution is -2.34. The van der Waals surface area contributed by atoms with Crippen LogP contribution in [0.1, 0.15) is 39.5 Å². The Morgan fingerprint density at radius 2 is 2.00 bits per heavy atom. The molecule has 1 saturated carbocycles. The van der Waals surface area contributed by atoms with Crippen LogP contribution in [0.25, 0.3) is 0 Å². The van der Waals surface area contributed by atoms with Crippen molar-refractivity contribution >= 4 is 11.6 Å². The zero-order valence-corrected chi connectivity index (χ0v) is 13.2. The molecule has 5 nitrogen and oxygen atoms in total. The first-order chi connectivity index (χ1) is 10.6. The highest BCUT2D eigenvalue weighted by Crippen LogP contribution is 2.24. The quantitative estimate of drug-likeness (QED) is 0.848. The standard InChI is InChI=1S/C17H25NO4/c1-3-21-12(2)17(20)18-13-8-10-14(11-9-13)22-16-7-5-4-6-15(16)19/h8-12,15-16,19H,3-7H2,1-2H3,(H,18,20)/t12-,15-,16-/m1/s1. The number of aliphatic hydroxyl groups is 1. The molecule has 5 heteroatoms. The average Bonchev–Trinajstić information content (AvgIpc) is 2.51. The van der Waals surface area contributed by atoms with E-state index in [9.17, 15) is 9.90 Å². The Hall–Kier alpha value is -1.59. The molecule has 1 aromatic carbocycles. The largest absolute Gasteiger partial charge is 0.488 e. The Morgan fingerprint density at radius 1 is 1.32 bits per heavy atom. The van der Waals surface area contributed by atoms with Crippen molar-refractivity contribution < 1.29 is 19.4 Å². The summed E-state index contributed by atoms with van der Waals surface area (Å²) >= 11 is 0. The number of benzene rings is 1. The summed E-state index contributed by atoms with van der Waals surface area (Å²) in [4.78, 5) is 11.8. The van der Waals surface area contributed by atoms with E-state index < -0.39 is 6.10 Å². The molecular weight excluding hydrogens is 282 g/mol. The van der Waals surface area contributed by atoms with Crippen molar-refractivity contribution in [3.05, 3.63) is 24.3 Å². The van der Waals surface area contributed by atoms with Gasteiger partial charge in [0.2, 0.25) is 0 Å². The van der Waals surface area contributed by atoms with Gasteiger partial charge in [-0.2, -0.15) is 0 Å². The van der Waals surface area contributed by atoms with Gasteiger partial charge in [0.25, 0.3) is 5.91 Å². The summed E-state index contributed by atoms with van der Waals surface area (Å²) in [6.07, 6.45) is 2.83. The van der Waals surface area contributed by atoms with Crippen LogP contribution in [0.3, 0.4) is 0 Å². The molecule has 0 spiro atoms. The van der Waals surface area contributed by atoms with Gasteiger partial charge in [0, 0.05) is 12.3 Å². The number of rotatable bonds is 6. The SMILES string of the molecule is CCO[C@H](C)C(=O)Nc1ccc(O[C@@H]2CCCC[C@H]2O)cc1. The molecule has 2 N–H and O–H groups in total. The second-order valence-electron chi connectivity index (χ2n) is 5.62. The predicted molar refractivity (Wildman–Crippen MR) is 85.1 cm³/mol. The molecule has 1 fully saturated rings. The molecule has 0 unspecified atom stereocenters. The van der Waals surface area contributed by atoms with E-state index in [0.29, 0.717) is 18.0 Å². The van der Waals surface area contributed by atoms with E-state index in [4.69, 9.17) is 9.47 Å².